The lowest BCUT2D eigenvalue weighted by Crippen LogP contribution is -2.43. The summed E-state index contributed by atoms with van der Waals surface area (Å²) in [6.07, 6.45) is 2.04. The molecule has 1 aromatic rings. The van der Waals surface area contributed by atoms with Gasteiger partial charge in [0.05, 0.1) is 17.4 Å². The summed E-state index contributed by atoms with van der Waals surface area (Å²) in [5.74, 6) is 0.752. The zero-order valence-corrected chi connectivity index (χ0v) is 16.8. The van der Waals surface area contributed by atoms with E-state index in [2.05, 4.69) is 19.2 Å². The maximum atomic E-state index is 13.0. The number of piperidine rings is 1. The second-order valence-corrected chi connectivity index (χ2v) is 7.75. The number of amides is 2. The molecule has 0 spiro atoms. The van der Waals surface area contributed by atoms with Gasteiger partial charge in [0, 0.05) is 19.6 Å². The van der Waals surface area contributed by atoms with E-state index in [-0.39, 0.29) is 30.3 Å². The normalized spacial score (nSPS) is 27.7. The number of nitrogens with two attached hydrogens (primary N) is 1. The molecule has 3 rings (SSSR count). The van der Waals surface area contributed by atoms with Crippen molar-refractivity contribution >= 4 is 29.9 Å². The summed E-state index contributed by atoms with van der Waals surface area (Å²) in [5.41, 5.74) is 6.70. The Kier molecular flexibility index (Phi) is 7.65. The number of para-hydroxylation sites is 1. The topological polar surface area (TPSA) is 84.7 Å². The average molecular weight is 396 g/mol. The van der Waals surface area contributed by atoms with Crippen LogP contribution in [0.15, 0.2) is 24.3 Å². The minimum absolute atomic E-state index is 0. The van der Waals surface area contributed by atoms with Gasteiger partial charge < -0.3 is 20.7 Å². The third-order valence-corrected chi connectivity index (χ3v) is 5.23. The Morgan fingerprint density at radius 1 is 1.19 bits per heavy atom. The molecule has 2 saturated heterocycles. The van der Waals surface area contributed by atoms with Gasteiger partial charge >= 0.3 is 0 Å². The fraction of sp³-hybridized carbons (Fsp3) is 0.600. The molecule has 0 saturated carbocycles. The molecule has 2 aliphatic rings. The maximum Gasteiger partial charge on any atom is 0.255 e. The Morgan fingerprint density at radius 3 is 2.48 bits per heavy atom. The van der Waals surface area contributed by atoms with E-state index >= 15 is 0 Å². The van der Waals surface area contributed by atoms with Crippen molar-refractivity contribution < 1.29 is 14.3 Å². The first-order chi connectivity index (χ1) is 12.5. The molecule has 0 aromatic heterocycles. The van der Waals surface area contributed by atoms with Gasteiger partial charge in [-0.05, 0) is 43.2 Å². The molecule has 2 aliphatic heterocycles. The van der Waals surface area contributed by atoms with E-state index in [1.54, 1.807) is 12.1 Å². The first-order valence-corrected chi connectivity index (χ1v) is 9.52. The summed E-state index contributed by atoms with van der Waals surface area (Å²) in [7, 11) is 0. The Labute approximate surface area is 167 Å². The van der Waals surface area contributed by atoms with Crippen LogP contribution in [0, 0.1) is 11.8 Å². The number of carbonyl (C=O) groups is 2. The number of carbonyl (C=O) groups excluding carboxylic acids is 2. The second-order valence-electron chi connectivity index (χ2n) is 7.75. The summed E-state index contributed by atoms with van der Waals surface area (Å²) in [4.78, 5) is 27.5. The molecule has 27 heavy (non-hydrogen) atoms. The Bertz CT molecular complexity index is 660. The number of likely N-dealkylation sites (tertiary alicyclic amines) is 1. The lowest BCUT2D eigenvalue weighted by Gasteiger charge is -2.35. The number of benzene rings is 1. The second kappa shape index (κ2) is 9.53. The predicted molar refractivity (Wildman–Crippen MR) is 108 cm³/mol. The van der Waals surface area contributed by atoms with E-state index in [1.165, 1.54) is 0 Å². The molecule has 6 nitrogen and oxygen atoms in total. The SMILES string of the molecule is CC1CC(C)CN(C(=O)c2ccccc2NC(=O)[C@@H]2CC[C@H](CN)O2)C1.Cl. The van der Waals surface area contributed by atoms with Crippen LogP contribution >= 0.6 is 12.4 Å². The van der Waals surface area contributed by atoms with Gasteiger partial charge in [0.15, 0.2) is 0 Å². The third-order valence-electron chi connectivity index (χ3n) is 5.23. The van der Waals surface area contributed by atoms with Crippen molar-refractivity contribution in [2.24, 2.45) is 17.6 Å². The molecular formula is C20H30ClN3O3. The lowest BCUT2D eigenvalue weighted by atomic mass is 9.91. The highest BCUT2D eigenvalue weighted by Gasteiger charge is 2.31. The summed E-state index contributed by atoms with van der Waals surface area (Å²) in [5, 5.41) is 2.89. The molecule has 7 heteroatoms. The van der Waals surface area contributed by atoms with Crippen LogP contribution in [0.2, 0.25) is 0 Å². The van der Waals surface area contributed by atoms with Crippen LogP contribution in [0.3, 0.4) is 0 Å². The molecule has 0 bridgehead atoms. The molecule has 3 N–H and O–H groups in total. The number of halogens is 1. The Balaban J connectivity index is 0.00000261. The van der Waals surface area contributed by atoms with Crippen molar-refractivity contribution in [3.63, 3.8) is 0 Å². The van der Waals surface area contributed by atoms with Gasteiger partial charge in [-0.2, -0.15) is 0 Å². The number of hydrogen-bond acceptors (Lipinski definition) is 4. The first-order valence-electron chi connectivity index (χ1n) is 9.52. The number of hydrogen-bond donors (Lipinski definition) is 2. The van der Waals surface area contributed by atoms with Crippen molar-refractivity contribution in [3.05, 3.63) is 29.8 Å². The van der Waals surface area contributed by atoms with Gasteiger partial charge in [0.1, 0.15) is 6.10 Å². The highest BCUT2D eigenvalue weighted by atomic mass is 35.5. The van der Waals surface area contributed by atoms with Gasteiger partial charge in [0.2, 0.25) is 0 Å². The minimum Gasteiger partial charge on any atom is -0.364 e. The Morgan fingerprint density at radius 2 is 1.85 bits per heavy atom. The quantitative estimate of drug-likeness (QED) is 0.820. The smallest absolute Gasteiger partial charge is 0.255 e. The van der Waals surface area contributed by atoms with Crippen molar-refractivity contribution in [2.75, 3.05) is 25.0 Å². The maximum absolute atomic E-state index is 13.0. The Hall–Kier alpha value is -1.63. The van der Waals surface area contributed by atoms with Crippen molar-refractivity contribution in [1.29, 1.82) is 0 Å². The van der Waals surface area contributed by atoms with E-state index < -0.39 is 6.10 Å². The number of anilines is 1. The van der Waals surface area contributed by atoms with E-state index in [0.29, 0.717) is 36.1 Å². The molecule has 4 atom stereocenters. The highest BCUT2D eigenvalue weighted by Crippen LogP contribution is 2.26. The molecule has 150 valence electrons. The average Bonchev–Trinajstić information content (AvgIpc) is 3.10. The van der Waals surface area contributed by atoms with E-state index in [9.17, 15) is 9.59 Å². The van der Waals surface area contributed by atoms with Crippen LogP contribution in [-0.2, 0) is 9.53 Å². The van der Waals surface area contributed by atoms with Gasteiger partial charge in [0.25, 0.3) is 11.8 Å². The summed E-state index contributed by atoms with van der Waals surface area (Å²) in [6, 6.07) is 7.21. The molecule has 2 amide bonds. The summed E-state index contributed by atoms with van der Waals surface area (Å²) < 4.78 is 5.66. The van der Waals surface area contributed by atoms with Crippen LogP contribution in [0.5, 0.6) is 0 Å². The zero-order valence-electron chi connectivity index (χ0n) is 16.0. The molecule has 2 fully saturated rings. The third kappa shape index (κ3) is 5.21. The molecule has 0 radical (unpaired) electrons. The fourth-order valence-electron chi connectivity index (χ4n) is 4.06. The highest BCUT2D eigenvalue weighted by molar-refractivity contribution is 6.04. The van der Waals surface area contributed by atoms with Crippen LogP contribution in [-0.4, -0.2) is 48.6 Å². The van der Waals surface area contributed by atoms with E-state index in [1.807, 2.05) is 17.0 Å². The van der Waals surface area contributed by atoms with Crippen molar-refractivity contribution in [2.45, 2.75) is 45.3 Å². The zero-order chi connectivity index (χ0) is 18.7. The van der Waals surface area contributed by atoms with E-state index in [4.69, 9.17) is 10.5 Å². The number of nitrogens with one attached hydrogen (secondary N) is 1. The number of ether oxygens (including phenoxy) is 1. The summed E-state index contributed by atoms with van der Waals surface area (Å²) >= 11 is 0. The number of nitrogens with zero attached hydrogens (tertiary/aromatic N) is 1. The fourth-order valence-corrected chi connectivity index (χ4v) is 4.06. The summed E-state index contributed by atoms with van der Waals surface area (Å²) in [6.45, 7) is 6.29. The molecular weight excluding hydrogens is 366 g/mol. The van der Waals surface area contributed by atoms with Crippen LogP contribution in [0.4, 0.5) is 5.69 Å². The minimum atomic E-state index is -0.498. The standard InChI is InChI=1S/C20H29N3O3.ClH/c1-13-9-14(2)12-23(11-13)20(25)16-5-3-4-6-17(16)22-19(24)18-8-7-15(10-21)26-18;/h3-6,13-15,18H,7-12,21H2,1-2H3,(H,22,24);1H/t13?,14?,15-,18+;/m1./s1. The molecule has 2 unspecified atom stereocenters. The van der Waals surface area contributed by atoms with Crippen molar-refractivity contribution in [1.82, 2.24) is 4.90 Å². The van der Waals surface area contributed by atoms with E-state index in [0.717, 1.165) is 25.9 Å². The lowest BCUT2D eigenvalue weighted by molar-refractivity contribution is -0.126. The molecule has 2 heterocycles. The van der Waals surface area contributed by atoms with Gasteiger partial charge in [-0.25, -0.2) is 0 Å². The first kappa shape index (κ1) is 21.7. The van der Waals surface area contributed by atoms with Crippen LogP contribution in [0.25, 0.3) is 0 Å². The van der Waals surface area contributed by atoms with Crippen LogP contribution in [0.1, 0.15) is 43.5 Å². The monoisotopic (exact) mass is 395 g/mol. The largest absolute Gasteiger partial charge is 0.364 e. The van der Waals surface area contributed by atoms with Gasteiger partial charge in [-0.1, -0.05) is 26.0 Å². The van der Waals surface area contributed by atoms with Crippen molar-refractivity contribution in [3.8, 4) is 0 Å². The van der Waals surface area contributed by atoms with Gasteiger partial charge in [-0.15, -0.1) is 12.4 Å². The number of rotatable bonds is 4. The molecule has 0 aliphatic carbocycles. The predicted octanol–water partition coefficient (Wildman–Crippen LogP) is 2.67. The van der Waals surface area contributed by atoms with Gasteiger partial charge in [-0.3, -0.25) is 9.59 Å². The van der Waals surface area contributed by atoms with Crippen LogP contribution < -0.4 is 11.1 Å². The molecule has 1 aromatic carbocycles.